The summed E-state index contributed by atoms with van der Waals surface area (Å²) in [6.07, 6.45) is 0. The first kappa shape index (κ1) is 18.4. The molecule has 0 unspecified atom stereocenters. The Kier molecular flexibility index (Phi) is 6.84. The molecule has 3 nitrogen and oxygen atoms in total. The van der Waals surface area contributed by atoms with Crippen LogP contribution in [0.25, 0.3) is 0 Å². The summed E-state index contributed by atoms with van der Waals surface area (Å²) < 4.78 is 0. The molecule has 1 N–H and O–H groups in total. The van der Waals surface area contributed by atoms with E-state index in [1.54, 1.807) is 0 Å². The number of rotatable bonds is 5. The minimum atomic E-state index is 0.814. The van der Waals surface area contributed by atoms with Gasteiger partial charge in [-0.3, -0.25) is 0 Å². The quantitative estimate of drug-likeness (QED) is 0.468. The van der Waals surface area contributed by atoms with E-state index >= 15 is 0 Å². The topological polar surface area (TPSA) is 18.5 Å². The van der Waals surface area contributed by atoms with Crippen LogP contribution in [-0.2, 0) is 0 Å². The summed E-state index contributed by atoms with van der Waals surface area (Å²) in [7, 11) is 0. The van der Waals surface area contributed by atoms with Gasteiger partial charge in [0.2, 0.25) is 0 Å². The Balaban J connectivity index is 1.39. The number of piperazine rings is 1. The third-order valence-electron chi connectivity index (χ3n) is 4.15. The fourth-order valence-electron chi connectivity index (χ4n) is 2.81. The van der Waals surface area contributed by atoms with Gasteiger partial charge < -0.3 is 15.1 Å². The van der Waals surface area contributed by atoms with E-state index in [-0.39, 0.29) is 0 Å². The van der Waals surface area contributed by atoms with Gasteiger partial charge in [0.15, 0.2) is 5.11 Å². The second kappa shape index (κ2) is 9.32. The molecule has 0 aromatic heterocycles. The maximum absolute atomic E-state index is 6.30. The van der Waals surface area contributed by atoms with E-state index in [0.717, 1.165) is 54.3 Å². The van der Waals surface area contributed by atoms with Gasteiger partial charge in [-0.05, 0) is 36.5 Å². The first-order valence-electron chi connectivity index (χ1n) is 8.44. The normalized spacial score (nSPS) is 14.4. The van der Waals surface area contributed by atoms with Crippen LogP contribution in [0, 0.1) is 0 Å². The summed E-state index contributed by atoms with van der Waals surface area (Å²) in [6, 6.07) is 18.5. The van der Waals surface area contributed by atoms with Crippen molar-refractivity contribution < 1.29 is 0 Å². The van der Waals surface area contributed by atoms with Crippen LogP contribution in [0.15, 0.2) is 59.5 Å². The molecular weight excluding hydrogens is 370 g/mol. The van der Waals surface area contributed by atoms with Crippen LogP contribution < -0.4 is 10.2 Å². The molecule has 0 amide bonds. The Morgan fingerprint density at radius 3 is 2.40 bits per heavy atom. The van der Waals surface area contributed by atoms with E-state index in [1.165, 1.54) is 4.90 Å². The lowest BCUT2D eigenvalue weighted by atomic mass is 10.2. The van der Waals surface area contributed by atoms with E-state index in [0.29, 0.717) is 0 Å². The van der Waals surface area contributed by atoms with Crippen molar-refractivity contribution in [3.63, 3.8) is 0 Å². The molecule has 0 radical (unpaired) electrons. The summed E-state index contributed by atoms with van der Waals surface area (Å²) in [6.45, 7) is 4.59. The number of thioether (sulfide) groups is 1. The summed E-state index contributed by atoms with van der Waals surface area (Å²) in [5.74, 6) is 1.00. The van der Waals surface area contributed by atoms with Crippen LogP contribution in [0.4, 0.5) is 5.69 Å². The standard InChI is InChI=1S/C19H22ClN3S2/c20-17-8-4-5-9-18(17)22-11-13-23(14-12-22)19(24)21-10-15-25-16-6-2-1-3-7-16/h1-9H,10-15H2,(H,21,24). The second-order valence-electron chi connectivity index (χ2n) is 5.82. The van der Waals surface area contributed by atoms with Crippen molar-refractivity contribution in [3.8, 4) is 0 Å². The molecule has 0 bridgehead atoms. The average molecular weight is 392 g/mol. The molecule has 0 atom stereocenters. The molecule has 2 aromatic rings. The molecule has 1 saturated heterocycles. The fraction of sp³-hybridized carbons (Fsp3) is 0.316. The zero-order chi connectivity index (χ0) is 17.5. The van der Waals surface area contributed by atoms with Crippen molar-refractivity contribution >= 4 is 46.4 Å². The Labute approximate surface area is 164 Å². The first-order valence-corrected chi connectivity index (χ1v) is 10.2. The fourth-order valence-corrected chi connectivity index (χ4v) is 4.14. The van der Waals surface area contributed by atoms with Gasteiger partial charge in [0.25, 0.3) is 0 Å². The first-order chi connectivity index (χ1) is 12.2. The lowest BCUT2D eigenvalue weighted by Crippen LogP contribution is -2.52. The monoisotopic (exact) mass is 391 g/mol. The van der Waals surface area contributed by atoms with Gasteiger partial charge in [-0.2, -0.15) is 0 Å². The number of halogens is 1. The van der Waals surface area contributed by atoms with Gasteiger partial charge in [-0.1, -0.05) is 41.9 Å². The maximum Gasteiger partial charge on any atom is 0.169 e. The summed E-state index contributed by atoms with van der Waals surface area (Å²) in [4.78, 5) is 5.87. The van der Waals surface area contributed by atoms with Gasteiger partial charge in [0.1, 0.15) is 0 Å². The Bertz CT molecular complexity index is 688. The molecule has 25 heavy (non-hydrogen) atoms. The number of hydrogen-bond acceptors (Lipinski definition) is 3. The lowest BCUT2D eigenvalue weighted by Gasteiger charge is -2.37. The maximum atomic E-state index is 6.30. The number of benzene rings is 2. The predicted molar refractivity (Wildman–Crippen MR) is 113 cm³/mol. The smallest absolute Gasteiger partial charge is 0.169 e. The number of thiocarbonyl (C=S) groups is 1. The number of nitrogens with zero attached hydrogens (tertiary/aromatic N) is 2. The third kappa shape index (κ3) is 5.27. The van der Waals surface area contributed by atoms with Crippen LogP contribution in [0.2, 0.25) is 5.02 Å². The number of hydrogen-bond donors (Lipinski definition) is 1. The third-order valence-corrected chi connectivity index (χ3v) is 5.89. The van der Waals surface area contributed by atoms with Gasteiger partial charge >= 0.3 is 0 Å². The average Bonchev–Trinajstić information content (AvgIpc) is 2.66. The zero-order valence-corrected chi connectivity index (χ0v) is 16.4. The molecule has 3 rings (SSSR count). The molecular formula is C19H22ClN3S2. The van der Waals surface area contributed by atoms with Crippen molar-refractivity contribution in [2.45, 2.75) is 4.90 Å². The van der Waals surface area contributed by atoms with Crippen LogP contribution in [-0.4, -0.2) is 48.5 Å². The molecule has 0 aliphatic carbocycles. The van der Waals surface area contributed by atoms with Crippen LogP contribution in [0.1, 0.15) is 0 Å². The highest BCUT2D eigenvalue weighted by Gasteiger charge is 2.20. The highest BCUT2D eigenvalue weighted by molar-refractivity contribution is 7.99. The highest BCUT2D eigenvalue weighted by Crippen LogP contribution is 2.26. The molecule has 6 heteroatoms. The molecule has 1 aliphatic heterocycles. The molecule has 132 valence electrons. The lowest BCUT2D eigenvalue weighted by molar-refractivity contribution is 0.381. The molecule has 1 aliphatic rings. The van der Waals surface area contributed by atoms with E-state index in [9.17, 15) is 0 Å². The van der Waals surface area contributed by atoms with Crippen molar-refractivity contribution in [3.05, 3.63) is 59.6 Å². The van der Waals surface area contributed by atoms with Gasteiger partial charge in [0, 0.05) is 43.4 Å². The second-order valence-corrected chi connectivity index (χ2v) is 7.78. The minimum absolute atomic E-state index is 0.814. The van der Waals surface area contributed by atoms with E-state index in [4.69, 9.17) is 23.8 Å². The molecule has 2 aromatic carbocycles. The van der Waals surface area contributed by atoms with E-state index in [2.05, 4.69) is 45.4 Å². The summed E-state index contributed by atoms with van der Waals surface area (Å²) in [5.41, 5.74) is 1.11. The van der Waals surface area contributed by atoms with Gasteiger partial charge in [0.05, 0.1) is 10.7 Å². The highest BCUT2D eigenvalue weighted by atomic mass is 35.5. The number of nitrogens with one attached hydrogen (secondary N) is 1. The number of para-hydroxylation sites is 1. The minimum Gasteiger partial charge on any atom is -0.367 e. The Hall–Kier alpha value is -1.43. The largest absolute Gasteiger partial charge is 0.367 e. The molecule has 0 spiro atoms. The SMILES string of the molecule is S=C(NCCSc1ccccc1)N1CCN(c2ccccc2Cl)CC1. The number of anilines is 1. The van der Waals surface area contributed by atoms with E-state index < -0.39 is 0 Å². The Morgan fingerprint density at radius 1 is 1.00 bits per heavy atom. The van der Waals surface area contributed by atoms with Crippen molar-refractivity contribution in [1.82, 2.24) is 10.2 Å². The van der Waals surface area contributed by atoms with Gasteiger partial charge in [-0.15, -0.1) is 11.8 Å². The molecule has 1 heterocycles. The predicted octanol–water partition coefficient (Wildman–Crippen LogP) is 4.13. The van der Waals surface area contributed by atoms with Crippen LogP contribution in [0.5, 0.6) is 0 Å². The molecule has 1 fully saturated rings. The summed E-state index contributed by atoms with van der Waals surface area (Å²) >= 11 is 13.7. The van der Waals surface area contributed by atoms with Gasteiger partial charge in [-0.25, -0.2) is 0 Å². The van der Waals surface area contributed by atoms with Crippen molar-refractivity contribution in [2.75, 3.05) is 43.4 Å². The molecule has 0 saturated carbocycles. The van der Waals surface area contributed by atoms with Crippen molar-refractivity contribution in [2.24, 2.45) is 0 Å². The zero-order valence-electron chi connectivity index (χ0n) is 14.0. The Morgan fingerprint density at radius 2 is 1.68 bits per heavy atom. The van der Waals surface area contributed by atoms with E-state index in [1.807, 2.05) is 36.0 Å². The van der Waals surface area contributed by atoms with Crippen LogP contribution >= 0.6 is 35.6 Å². The van der Waals surface area contributed by atoms with Crippen LogP contribution in [0.3, 0.4) is 0 Å². The van der Waals surface area contributed by atoms with Crippen molar-refractivity contribution in [1.29, 1.82) is 0 Å². The summed E-state index contributed by atoms with van der Waals surface area (Å²) in [5, 5.41) is 5.05.